The van der Waals surface area contributed by atoms with Gasteiger partial charge in [0.1, 0.15) is 18.0 Å². The molecule has 0 unspecified atom stereocenters. The topological polar surface area (TPSA) is 108 Å². The predicted molar refractivity (Wildman–Crippen MR) is 151 cm³/mol. The summed E-state index contributed by atoms with van der Waals surface area (Å²) >= 11 is 0. The van der Waals surface area contributed by atoms with Crippen LogP contribution >= 0.6 is 0 Å². The fraction of sp³-hybridized carbons (Fsp3) is 0.300. The van der Waals surface area contributed by atoms with Gasteiger partial charge in [0, 0.05) is 43.8 Å². The van der Waals surface area contributed by atoms with E-state index in [0.29, 0.717) is 41.9 Å². The minimum Gasteiger partial charge on any atom is -0.493 e. The molecule has 0 saturated carbocycles. The Hall–Kier alpha value is -4.91. The highest BCUT2D eigenvalue weighted by molar-refractivity contribution is 6.01. The van der Waals surface area contributed by atoms with Crippen molar-refractivity contribution >= 4 is 34.3 Å². The summed E-state index contributed by atoms with van der Waals surface area (Å²) < 4.78 is 11.0. The zero-order valence-corrected chi connectivity index (χ0v) is 22.4. The summed E-state index contributed by atoms with van der Waals surface area (Å²) in [6, 6.07) is 17.0. The highest BCUT2D eigenvalue weighted by atomic mass is 16.5. The summed E-state index contributed by atoms with van der Waals surface area (Å²) in [5.74, 6) is 2.95. The summed E-state index contributed by atoms with van der Waals surface area (Å²) in [6.07, 6.45) is 5.00. The normalized spacial score (nSPS) is 15.6. The largest absolute Gasteiger partial charge is 0.493 e. The molecule has 4 aromatic rings. The maximum atomic E-state index is 13.8. The first-order valence-electron chi connectivity index (χ1n) is 13.2. The van der Waals surface area contributed by atoms with E-state index in [-0.39, 0.29) is 6.03 Å². The number of nitriles is 1. The quantitative estimate of drug-likeness (QED) is 0.343. The number of benzene rings is 2. The number of para-hydroxylation sites is 1. The fourth-order valence-corrected chi connectivity index (χ4v) is 5.62. The molecule has 202 valence electrons. The number of urea groups is 1. The number of rotatable bonds is 6. The molecule has 2 aromatic heterocycles. The van der Waals surface area contributed by atoms with Gasteiger partial charge in [0.05, 0.1) is 37.1 Å². The van der Waals surface area contributed by atoms with E-state index in [1.807, 2.05) is 41.3 Å². The van der Waals surface area contributed by atoms with Crippen molar-refractivity contribution in [3.63, 3.8) is 0 Å². The van der Waals surface area contributed by atoms with E-state index in [4.69, 9.17) is 9.47 Å². The first-order chi connectivity index (χ1) is 19.6. The first kappa shape index (κ1) is 25.4. The third kappa shape index (κ3) is 4.60. The Labute approximate surface area is 232 Å². The van der Waals surface area contributed by atoms with Gasteiger partial charge in [0.2, 0.25) is 0 Å². The lowest BCUT2D eigenvalue weighted by molar-refractivity contribution is 0.183. The molecule has 10 nitrogen and oxygen atoms in total. The number of methoxy groups -OCH3 is 2. The third-order valence-corrected chi connectivity index (χ3v) is 7.67. The molecule has 0 aliphatic carbocycles. The molecule has 2 amide bonds. The zero-order valence-electron chi connectivity index (χ0n) is 22.4. The molecule has 2 aromatic carbocycles. The maximum absolute atomic E-state index is 13.8. The number of amides is 2. The van der Waals surface area contributed by atoms with Gasteiger partial charge in [-0.3, -0.25) is 0 Å². The SMILES string of the molecule is COc1cc2ncnc(N3CCC(CN4Cc5ccccc5N(c5cc(C#N)ccn5)C4=O)CC3)c2cc1OC. The molecule has 1 saturated heterocycles. The molecule has 4 heterocycles. The standard InChI is InChI=1S/C30H29N7O3/c1-39-26-14-23-24(15-27(26)40-2)33-19-34-29(23)35-11-8-20(9-12-35)17-36-18-22-5-3-4-6-25(22)37(30(36)38)28-13-21(16-31)7-10-32-28/h3-7,10,13-15,19-20H,8-9,11-12,17-18H2,1-2H3. The van der Waals surface area contributed by atoms with E-state index in [9.17, 15) is 10.1 Å². The van der Waals surface area contributed by atoms with E-state index in [1.54, 1.807) is 43.8 Å². The monoisotopic (exact) mass is 535 g/mol. The minimum atomic E-state index is -0.119. The lowest BCUT2D eigenvalue weighted by Gasteiger charge is -2.40. The second-order valence-corrected chi connectivity index (χ2v) is 9.99. The number of ether oxygens (including phenoxy) is 2. The molecule has 2 aliphatic heterocycles. The van der Waals surface area contributed by atoms with Gasteiger partial charge in [-0.15, -0.1) is 0 Å². The number of carbonyl (C=O) groups excluding carboxylic acids is 1. The fourth-order valence-electron chi connectivity index (χ4n) is 5.62. The van der Waals surface area contributed by atoms with Gasteiger partial charge < -0.3 is 19.3 Å². The zero-order chi connectivity index (χ0) is 27.6. The van der Waals surface area contributed by atoms with Crippen molar-refractivity contribution in [2.24, 2.45) is 5.92 Å². The number of hydrogen-bond donors (Lipinski definition) is 0. The van der Waals surface area contributed by atoms with Crippen LogP contribution in [-0.4, -0.2) is 59.7 Å². The van der Waals surface area contributed by atoms with Crippen LogP contribution in [-0.2, 0) is 6.54 Å². The van der Waals surface area contributed by atoms with Crippen molar-refractivity contribution in [2.75, 3.05) is 43.7 Å². The average molecular weight is 536 g/mol. The summed E-state index contributed by atoms with van der Waals surface area (Å²) in [6.45, 7) is 2.82. The Morgan fingerprint density at radius 1 is 1.00 bits per heavy atom. The number of fused-ring (bicyclic) bond motifs is 2. The van der Waals surface area contributed by atoms with Crippen LogP contribution in [0.3, 0.4) is 0 Å². The van der Waals surface area contributed by atoms with Crippen LogP contribution in [0, 0.1) is 17.2 Å². The molecular formula is C30H29N7O3. The summed E-state index contributed by atoms with van der Waals surface area (Å²) in [4.78, 5) is 33.1. The number of carbonyl (C=O) groups is 1. The van der Waals surface area contributed by atoms with Gasteiger partial charge in [0.15, 0.2) is 11.5 Å². The van der Waals surface area contributed by atoms with Crippen LogP contribution < -0.4 is 19.3 Å². The van der Waals surface area contributed by atoms with E-state index in [0.717, 1.165) is 53.9 Å². The minimum absolute atomic E-state index is 0.119. The van der Waals surface area contributed by atoms with Crippen LogP contribution in [0.2, 0.25) is 0 Å². The number of anilines is 3. The molecule has 40 heavy (non-hydrogen) atoms. The molecule has 0 N–H and O–H groups in total. The van der Waals surface area contributed by atoms with E-state index in [1.165, 1.54) is 0 Å². The van der Waals surface area contributed by atoms with Gasteiger partial charge in [-0.05, 0) is 48.6 Å². The Morgan fingerprint density at radius 2 is 1.77 bits per heavy atom. The number of piperidine rings is 1. The van der Waals surface area contributed by atoms with Crippen LogP contribution in [0.4, 0.5) is 22.1 Å². The molecule has 2 aliphatic rings. The third-order valence-electron chi connectivity index (χ3n) is 7.67. The second-order valence-electron chi connectivity index (χ2n) is 9.99. The lowest BCUT2D eigenvalue weighted by Crippen LogP contribution is -2.48. The number of hydrogen-bond acceptors (Lipinski definition) is 8. The Balaban J connectivity index is 1.20. The van der Waals surface area contributed by atoms with Gasteiger partial charge in [0.25, 0.3) is 0 Å². The van der Waals surface area contributed by atoms with E-state index >= 15 is 0 Å². The summed E-state index contributed by atoms with van der Waals surface area (Å²) in [7, 11) is 3.23. The number of nitrogens with zero attached hydrogens (tertiary/aromatic N) is 7. The predicted octanol–water partition coefficient (Wildman–Crippen LogP) is 4.90. The van der Waals surface area contributed by atoms with E-state index < -0.39 is 0 Å². The number of aromatic nitrogens is 3. The Morgan fingerprint density at radius 3 is 2.55 bits per heavy atom. The van der Waals surface area contributed by atoms with Crippen LogP contribution in [0.25, 0.3) is 10.9 Å². The molecular weight excluding hydrogens is 506 g/mol. The molecule has 10 heteroatoms. The highest BCUT2D eigenvalue weighted by Gasteiger charge is 2.34. The molecule has 0 spiro atoms. The second kappa shape index (κ2) is 10.7. The Bertz CT molecular complexity index is 1610. The molecule has 1 fully saturated rings. The highest BCUT2D eigenvalue weighted by Crippen LogP contribution is 2.37. The van der Waals surface area contributed by atoms with Gasteiger partial charge >= 0.3 is 6.03 Å². The molecule has 0 atom stereocenters. The van der Waals surface area contributed by atoms with Crippen LogP contribution in [0.15, 0.2) is 61.1 Å². The smallest absolute Gasteiger partial charge is 0.330 e. The van der Waals surface area contributed by atoms with Gasteiger partial charge in [-0.25, -0.2) is 24.6 Å². The van der Waals surface area contributed by atoms with Crippen molar-refractivity contribution in [2.45, 2.75) is 19.4 Å². The molecule has 0 radical (unpaired) electrons. The van der Waals surface area contributed by atoms with Gasteiger partial charge in [-0.2, -0.15) is 5.26 Å². The number of pyridine rings is 1. The van der Waals surface area contributed by atoms with Crippen molar-refractivity contribution in [3.05, 3.63) is 72.2 Å². The van der Waals surface area contributed by atoms with Crippen molar-refractivity contribution in [1.82, 2.24) is 19.9 Å². The first-order valence-corrected chi connectivity index (χ1v) is 13.2. The average Bonchev–Trinajstić information content (AvgIpc) is 3.01. The Kier molecular flexibility index (Phi) is 6.78. The summed E-state index contributed by atoms with van der Waals surface area (Å²) in [5, 5.41) is 10.3. The van der Waals surface area contributed by atoms with E-state index in [2.05, 4.69) is 25.9 Å². The molecule has 6 rings (SSSR count). The van der Waals surface area contributed by atoms with Crippen molar-refractivity contribution in [1.29, 1.82) is 5.26 Å². The van der Waals surface area contributed by atoms with Crippen molar-refractivity contribution in [3.8, 4) is 17.6 Å². The molecule has 0 bridgehead atoms. The lowest BCUT2D eigenvalue weighted by atomic mass is 9.95. The van der Waals surface area contributed by atoms with Gasteiger partial charge in [-0.1, -0.05) is 18.2 Å². The summed E-state index contributed by atoms with van der Waals surface area (Å²) in [5.41, 5.74) is 3.13. The van der Waals surface area contributed by atoms with Crippen molar-refractivity contribution < 1.29 is 14.3 Å². The maximum Gasteiger partial charge on any atom is 0.330 e. The van der Waals surface area contributed by atoms with Crippen LogP contribution in [0.1, 0.15) is 24.0 Å². The van der Waals surface area contributed by atoms with Crippen LogP contribution in [0.5, 0.6) is 11.5 Å².